The van der Waals surface area contributed by atoms with Crippen LogP contribution in [-0.2, 0) is 19.6 Å². The second-order valence-electron chi connectivity index (χ2n) is 6.00. The Morgan fingerprint density at radius 1 is 1.15 bits per heavy atom. The minimum atomic E-state index is -3.95. The normalized spacial score (nSPS) is 15.1. The Kier molecular flexibility index (Phi) is 4.71. The molecule has 1 aliphatic heterocycles. The standard InChI is InChI=1S/C18H17N3O5S/c1-12-7-9-13(10-8-12)27(25,26)20(2)19-17-14-5-3-4-6-15(14)21(18(17)24)11-16(22)23/h3-10H,11H2,1-2H3,(H,22,23)/b19-17+. The molecule has 1 N–H and O–H groups in total. The maximum absolute atomic E-state index is 12.7. The van der Waals surface area contributed by atoms with Gasteiger partial charge >= 0.3 is 5.97 Å². The molecule has 1 heterocycles. The Morgan fingerprint density at radius 3 is 2.41 bits per heavy atom. The minimum Gasteiger partial charge on any atom is -0.480 e. The van der Waals surface area contributed by atoms with E-state index in [0.717, 1.165) is 14.9 Å². The number of para-hydroxylation sites is 1. The maximum atomic E-state index is 12.7. The van der Waals surface area contributed by atoms with Crippen LogP contribution < -0.4 is 4.90 Å². The van der Waals surface area contributed by atoms with Crippen molar-refractivity contribution in [3.05, 3.63) is 59.7 Å². The molecule has 0 bridgehead atoms. The van der Waals surface area contributed by atoms with Crippen molar-refractivity contribution in [3.8, 4) is 0 Å². The number of amides is 1. The van der Waals surface area contributed by atoms with E-state index < -0.39 is 28.4 Å². The lowest BCUT2D eigenvalue weighted by Gasteiger charge is -2.15. The van der Waals surface area contributed by atoms with Gasteiger partial charge in [-0.2, -0.15) is 17.9 Å². The first-order chi connectivity index (χ1) is 12.7. The fourth-order valence-electron chi connectivity index (χ4n) is 2.71. The van der Waals surface area contributed by atoms with Crippen LogP contribution in [0.15, 0.2) is 58.5 Å². The molecule has 8 nitrogen and oxygen atoms in total. The largest absolute Gasteiger partial charge is 0.480 e. The summed E-state index contributed by atoms with van der Waals surface area (Å²) < 4.78 is 26.1. The zero-order valence-electron chi connectivity index (χ0n) is 14.7. The van der Waals surface area contributed by atoms with Crippen LogP contribution in [-0.4, -0.2) is 49.1 Å². The molecule has 0 fully saturated rings. The number of hydrogen-bond acceptors (Lipinski definition) is 5. The topological polar surface area (TPSA) is 107 Å². The number of hydrogen-bond donors (Lipinski definition) is 1. The van der Waals surface area contributed by atoms with Crippen LogP contribution in [0.4, 0.5) is 5.69 Å². The summed E-state index contributed by atoms with van der Waals surface area (Å²) in [5.74, 6) is -1.84. The fraction of sp³-hybridized carbons (Fsp3) is 0.167. The summed E-state index contributed by atoms with van der Waals surface area (Å²) in [6, 6.07) is 12.8. The van der Waals surface area contributed by atoms with Gasteiger partial charge in [0.1, 0.15) is 6.54 Å². The Balaban J connectivity index is 2.02. The molecule has 0 atom stereocenters. The number of rotatable bonds is 5. The van der Waals surface area contributed by atoms with Crippen molar-refractivity contribution in [1.29, 1.82) is 0 Å². The number of carbonyl (C=O) groups is 2. The molecule has 140 valence electrons. The molecule has 1 amide bonds. The van der Waals surface area contributed by atoms with Crippen LogP contribution in [0, 0.1) is 6.92 Å². The van der Waals surface area contributed by atoms with Crippen molar-refractivity contribution in [1.82, 2.24) is 4.41 Å². The highest BCUT2D eigenvalue weighted by molar-refractivity contribution is 7.89. The third-order valence-electron chi connectivity index (χ3n) is 4.10. The van der Waals surface area contributed by atoms with E-state index in [1.54, 1.807) is 36.4 Å². The van der Waals surface area contributed by atoms with Crippen molar-refractivity contribution >= 4 is 33.3 Å². The lowest BCUT2D eigenvalue weighted by molar-refractivity contribution is -0.136. The Hall–Kier alpha value is -3.20. The first-order valence-corrected chi connectivity index (χ1v) is 9.43. The highest BCUT2D eigenvalue weighted by atomic mass is 32.2. The number of sulfonamides is 1. The summed E-state index contributed by atoms with van der Waals surface area (Å²) in [5, 5.41) is 13.0. The molecule has 9 heteroatoms. The number of carbonyl (C=O) groups excluding carboxylic acids is 1. The average Bonchev–Trinajstić information content (AvgIpc) is 2.87. The molecule has 0 aliphatic carbocycles. The molecular weight excluding hydrogens is 370 g/mol. The van der Waals surface area contributed by atoms with E-state index in [-0.39, 0.29) is 10.6 Å². The molecule has 2 aromatic rings. The molecule has 27 heavy (non-hydrogen) atoms. The van der Waals surface area contributed by atoms with E-state index in [1.807, 2.05) is 6.92 Å². The third-order valence-corrected chi connectivity index (χ3v) is 5.74. The van der Waals surface area contributed by atoms with Crippen molar-refractivity contribution in [3.63, 3.8) is 0 Å². The summed E-state index contributed by atoms with van der Waals surface area (Å²) in [5.41, 5.74) is 1.55. The van der Waals surface area contributed by atoms with Crippen LogP contribution in [0.2, 0.25) is 0 Å². The SMILES string of the molecule is Cc1ccc(S(=O)(=O)N(C)/N=C2/C(=O)N(CC(=O)O)c3ccccc32)cc1. The number of aryl methyl sites for hydroxylation is 1. The van der Waals surface area contributed by atoms with Crippen LogP contribution >= 0.6 is 0 Å². The van der Waals surface area contributed by atoms with E-state index >= 15 is 0 Å². The number of benzene rings is 2. The van der Waals surface area contributed by atoms with Crippen LogP contribution in [0.5, 0.6) is 0 Å². The highest BCUT2D eigenvalue weighted by Crippen LogP contribution is 2.29. The molecule has 0 radical (unpaired) electrons. The van der Waals surface area contributed by atoms with E-state index in [0.29, 0.717) is 11.3 Å². The summed E-state index contributed by atoms with van der Waals surface area (Å²) in [6.07, 6.45) is 0. The fourth-order valence-corrected chi connectivity index (χ4v) is 3.68. The number of fused-ring (bicyclic) bond motifs is 1. The van der Waals surface area contributed by atoms with Gasteiger partial charge in [0.25, 0.3) is 15.9 Å². The summed E-state index contributed by atoms with van der Waals surface area (Å²) in [7, 11) is -2.72. The molecule has 1 aliphatic rings. The average molecular weight is 387 g/mol. The van der Waals surface area contributed by atoms with Crippen molar-refractivity contribution in [2.24, 2.45) is 5.10 Å². The summed E-state index contributed by atoms with van der Waals surface area (Å²) >= 11 is 0. The zero-order chi connectivity index (χ0) is 19.8. The Bertz CT molecular complexity index is 1040. The minimum absolute atomic E-state index is 0.0427. The van der Waals surface area contributed by atoms with Gasteiger partial charge in [-0.25, -0.2) is 0 Å². The van der Waals surface area contributed by atoms with Crippen molar-refractivity contribution < 1.29 is 23.1 Å². The van der Waals surface area contributed by atoms with E-state index in [1.165, 1.54) is 19.2 Å². The Labute approximate surface area is 156 Å². The van der Waals surface area contributed by atoms with Gasteiger partial charge in [-0.3, -0.25) is 14.5 Å². The third kappa shape index (κ3) is 3.41. The Morgan fingerprint density at radius 2 is 1.78 bits per heavy atom. The van der Waals surface area contributed by atoms with E-state index in [4.69, 9.17) is 5.11 Å². The first-order valence-electron chi connectivity index (χ1n) is 7.99. The predicted octanol–water partition coefficient (Wildman–Crippen LogP) is 1.45. The molecule has 0 aromatic heterocycles. The van der Waals surface area contributed by atoms with Gasteiger partial charge in [0.05, 0.1) is 10.6 Å². The van der Waals surface area contributed by atoms with Gasteiger partial charge in [0.2, 0.25) is 0 Å². The number of anilines is 1. The highest BCUT2D eigenvalue weighted by Gasteiger charge is 2.36. The lowest BCUT2D eigenvalue weighted by atomic mass is 10.1. The van der Waals surface area contributed by atoms with E-state index in [2.05, 4.69) is 5.10 Å². The number of carboxylic acid groups (broad SMARTS) is 1. The maximum Gasteiger partial charge on any atom is 0.323 e. The monoisotopic (exact) mass is 387 g/mol. The van der Waals surface area contributed by atoms with Gasteiger partial charge in [0, 0.05) is 12.6 Å². The van der Waals surface area contributed by atoms with Gasteiger partial charge in [0.15, 0.2) is 5.71 Å². The quantitative estimate of drug-likeness (QED) is 0.782. The summed E-state index contributed by atoms with van der Waals surface area (Å²) in [4.78, 5) is 24.8. The summed E-state index contributed by atoms with van der Waals surface area (Å²) in [6.45, 7) is 1.30. The van der Waals surface area contributed by atoms with E-state index in [9.17, 15) is 18.0 Å². The van der Waals surface area contributed by atoms with Crippen molar-refractivity contribution in [2.75, 3.05) is 18.5 Å². The molecule has 2 aromatic carbocycles. The molecule has 3 rings (SSSR count). The number of hydrazone groups is 1. The van der Waals surface area contributed by atoms with Crippen molar-refractivity contribution in [2.45, 2.75) is 11.8 Å². The number of nitrogens with zero attached hydrogens (tertiary/aromatic N) is 3. The molecular formula is C18H17N3O5S. The number of carboxylic acids is 1. The van der Waals surface area contributed by atoms with Crippen LogP contribution in [0.25, 0.3) is 0 Å². The molecule has 0 spiro atoms. The smallest absolute Gasteiger partial charge is 0.323 e. The predicted molar refractivity (Wildman–Crippen MR) is 99.1 cm³/mol. The first kappa shape index (κ1) is 18.6. The van der Waals surface area contributed by atoms with Crippen LogP contribution in [0.1, 0.15) is 11.1 Å². The second-order valence-corrected chi connectivity index (χ2v) is 7.95. The van der Waals surface area contributed by atoms with Gasteiger partial charge < -0.3 is 5.11 Å². The molecule has 0 saturated heterocycles. The van der Waals surface area contributed by atoms with Gasteiger partial charge in [-0.1, -0.05) is 35.9 Å². The molecule has 0 unspecified atom stereocenters. The number of aliphatic carboxylic acids is 1. The zero-order valence-corrected chi connectivity index (χ0v) is 15.5. The molecule has 0 saturated carbocycles. The second kappa shape index (κ2) is 6.84. The van der Waals surface area contributed by atoms with Gasteiger partial charge in [-0.05, 0) is 25.1 Å². The lowest BCUT2D eigenvalue weighted by Crippen LogP contribution is -2.35. The van der Waals surface area contributed by atoms with Gasteiger partial charge in [-0.15, -0.1) is 0 Å². The van der Waals surface area contributed by atoms with Crippen LogP contribution in [0.3, 0.4) is 0 Å².